The highest BCUT2D eigenvalue weighted by Gasteiger charge is 2.40. The van der Waals surface area contributed by atoms with Gasteiger partial charge in [0.15, 0.2) is 0 Å². The second-order valence-electron chi connectivity index (χ2n) is 6.99. The van der Waals surface area contributed by atoms with Crippen molar-refractivity contribution in [2.45, 2.75) is 19.3 Å². The van der Waals surface area contributed by atoms with Crippen molar-refractivity contribution in [3.8, 4) is 0 Å². The van der Waals surface area contributed by atoms with Crippen LogP contribution in [0.25, 0.3) is 5.57 Å². The Labute approximate surface area is 162 Å². The maximum Gasteiger partial charge on any atom is 0.277 e. The van der Waals surface area contributed by atoms with E-state index in [2.05, 4.69) is 21.4 Å². The molecule has 4 rings (SSSR count). The van der Waals surface area contributed by atoms with Crippen LogP contribution in [0.5, 0.6) is 0 Å². The summed E-state index contributed by atoms with van der Waals surface area (Å²) in [6, 6.07) is 3.64. The van der Waals surface area contributed by atoms with Crippen molar-refractivity contribution in [2.24, 2.45) is 4.99 Å². The topological polar surface area (TPSA) is 95.0 Å². The molecule has 0 saturated carbocycles. The first-order chi connectivity index (χ1) is 13.5. The summed E-state index contributed by atoms with van der Waals surface area (Å²) in [6.07, 6.45) is 7.72. The molecule has 28 heavy (non-hydrogen) atoms. The molecule has 144 valence electrons. The van der Waals surface area contributed by atoms with Gasteiger partial charge in [0, 0.05) is 37.5 Å². The number of aliphatic imine (C=N–C) groups is 1. The van der Waals surface area contributed by atoms with Crippen LogP contribution >= 0.6 is 0 Å². The lowest BCUT2D eigenvalue weighted by Crippen LogP contribution is -2.38. The third-order valence-corrected chi connectivity index (χ3v) is 5.06. The smallest absolute Gasteiger partial charge is 0.277 e. The Balaban J connectivity index is 1.42. The largest absolute Gasteiger partial charge is 0.357 e. The molecule has 0 saturated heterocycles. The minimum absolute atomic E-state index is 0.0191. The number of amides is 3. The molecular formula is C20H21N5O3. The standard InChI is InChI=1S/C20H21N5O3/c1-24-19(27)15-5-3-9-25(18(15)20(24)28)12-17(26)23-14-6-7-16(22-11-14)13-4-2-8-21-10-13/h4,6-7,10-11H,2-3,5,8-9,12H2,1H3,(H,23,26). The van der Waals surface area contributed by atoms with Gasteiger partial charge in [0.2, 0.25) is 5.91 Å². The fourth-order valence-corrected chi connectivity index (χ4v) is 3.65. The summed E-state index contributed by atoms with van der Waals surface area (Å²) < 4.78 is 0. The molecule has 1 aromatic heterocycles. The van der Waals surface area contributed by atoms with Gasteiger partial charge in [-0.3, -0.25) is 29.3 Å². The van der Waals surface area contributed by atoms with Crippen LogP contribution in [-0.2, 0) is 14.4 Å². The SMILES string of the molecule is CN1C(=O)C2=C(C1=O)N(CC(=O)Nc1ccc(C3=CCCN=C3)nc1)CCC2. The minimum Gasteiger partial charge on any atom is -0.357 e. The van der Waals surface area contributed by atoms with Crippen LogP contribution in [0.15, 0.2) is 40.7 Å². The molecule has 3 amide bonds. The van der Waals surface area contributed by atoms with E-state index in [0.717, 1.165) is 35.6 Å². The van der Waals surface area contributed by atoms with Crippen molar-refractivity contribution in [1.29, 1.82) is 0 Å². The van der Waals surface area contributed by atoms with Crippen molar-refractivity contribution in [1.82, 2.24) is 14.8 Å². The van der Waals surface area contributed by atoms with E-state index in [-0.39, 0.29) is 24.3 Å². The minimum atomic E-state index is -0.332. The highest BCUT2D eigenvalue weighted by molar-refractivity contribution is 6.19. The predicted molar refractivity (Wildman–Crippen MR) is 104 cm³/mol. The molecule has 0 aromatic carbocycles. The van der Waals surface area contributed by atoms with Crippen LogP contribution in [0.3, 0.4) is 0 Å². The summed E-state index contributed by atoms with van der Waals surface area (Å²) in [5.41, 5.74) is 3.25. The molecule has 1 aromatic rings. The van der Waals surface area contributed by atoms with Gasteiger partial charge >= 0.3 is 0 Å². The zero-order valence-electron chi connectivity index (χ0n) is 15.6. The van der Waals surface area contributed by atoms with Gasteiger partial charge in [-0.25, -0.2) is 0 Å². The lowest BCUT2D eigenvalue weighted by atomic mass is 10.0. The number of hydrogen-bond donors (Lipinski definition) is 1. The van der Waals surface area contributed by atoms with Crippen LogP contribution in [0.4, 0.5) is 5.69 Å². The van der Waals surface area contributed by atoms with Gasteiger partial charge in [-0.05, 0) is 31.4 Å². The zero-order valence-corrected chi connectivity index (χ0v) is 15.6. The third-order valence-electron chi connectivity index (χ3n) is 5.06. The summed E-state index contributed by atoms with van der Waals surface area (Å²) in [4.78, 5) is 48.4. The molecule has 8 heteroatoms. The maximum absolute atomic E-state index is 12.5. The number of hydrogen-bond acceptors (Lipinski definition) is 6. The number of pyridine rings is 1. The molecule has 1 N–H and O–H groups in total. The Morgan fingerprint density at radius 3 is 2.82 bits per heavy atom. The van der Waals surface area contributed by atoms with E-state index in [1.165, 1.54) is 7.05 Å². The van der Waals surface area contributed by atoms with Gasteiger partial charge in [0.1, 0.15) is 5.70 Å². The lowest BCUT2D eigenvalue weighted by molar-refractivity contribution is -0.136. The summed E-state index contributed by atoms with van der Waals surface area (Å²) in [7, 11) is 1.47. The third kappa shape index (κ3) is 3.33. The number of carbonyl (C=O) groups is 3. The second kappa shape index (κ2) is 7.38. The molecule has 0 bridgehead atoms. The van der Waals surface area contributed by atoms with Crippen LogP contribution < -0.4 is 5.32 Å². The van der Waals surface area contributed by atoms with E-state index in [9.17, 15) is 14.4 Å². The maximum atomic E-state index is 12.5. The van der Waals surface area contributed by atoms with Crippen LogP contribution in [0, 0.1) is 0 Å². The van der Waals surface area contributed by atoms with Crippen LogP contribution in [-0.4, -0.2) is 65.4 Å². The predicted octanol–water partition coefficient (Wildman–Crippen LogP) is 1.23. The first-order valence-electron chi connectivity index (χ1n) is 9.31. The fourth-order valence-electron chi connectivity index (χ4n) is 3.65. The zero-order chi connectivity index (χ0) is 19.7. The van der Waals surface area contributed by atoms with Gasteiger partial charge in [-0.1, -0.05) is 6.08 Å². The molecule has 0 radical (unpaired) electrons. The number of aromatic nitrogens is 1. The molecule has 8 nitrogen and oxygen atoms in total. The number of rotatable bonds is 4. The Kier molecular flexibility index (Phi) is 4.77. The number of nitrogens with one attached hydrogen (secondary N) is 1. The first kappa shape index (κ1) is 18.1. The summed E-state index contributed by atoms with van der Waals surface area (Å²) >= 11 is 0. The molecule has 0 aliphatic carbocycles. The molecular weight excluding hydrogens is 358 g/mol. The number of dihydropyridines is 1. The van der Waals surface area contributed by atoms with Gasteiger partial charge < -0.3 is 10.2 Å². The Morgan fingerprint density at radius 2 is 2.11 bits per heavy atom. The van der Waals surface area contributed by atoms with E-state index in [1.54, 1.807) is 17.2 Å². The molecule has 3 aliphatic heterocycles. The number of nitrogens with zero attached hydrogens (tertiary/aromatic N) is 4. The van der Waals surface area contributed by atoms with Crippen molar-refractivity contribution < 1.29 is 14.4 Å². The lowest BCUT2D eigenvalue weighted by Gasteiger charge is -2.28. The summed E-state index contributed by atoms with van der Waals surface area (Å²) in [6.45, 7) is 1.39. The van der Waals surface area contributed by atoms with E-state index in [4.69, 9.17) is 0 Å². The summed E-state index contributed by atoms with van der Waals surface area (Å²) in [5.74, 6) is -0.844. The monoisotopic (exact) mass is 379 g/mol. The van der Waals surface area contributed by atoms with E-state index in [0.29, 0.717) is 29.9 Å². The molecule has 0 fully saturated rings. The van der Waals surface area contributed by atoms with Gasteiger partial charge in [-0.2, -0.15) is 0 Å². The quantitative estimate of drug-likeness (QED) is 0.794. The van der Waals surface area contributed by atoms with E-state index >= 15 is 0 Å². The molecule has 0 spiro atoms. The van der Waals surface area contributed by atoms with Crippen LogP contribution in [0.1, 0.15) is 25.0 Å². The Morgan fingerprint density at radius 1 is 1.25 bits per heavy atom. The number of anilines is 1. The highest BCUT2D eigenvalue weighted by atomic mass is 16.2. The Bertz CT molecular complexity index is 930. The van der Waals surface area contributed by atoms with Crippen molar-refractivity contribution in [3.63, 3.8) is 0 Å². The Hall–Kier alpha value is -3.29. The molecule has 0 unspecified atom stereocenters. The van der Waals surface area contributed by atoms with Gasteiger partial charge in [0.05, 0.1) is 24.1 Å². The molecule has 0 atom stereocenters. The van der Waals surface area contributed by atoms with Crippen molar-refractivity contribution in [3.05, 3.63) is 41.4 Å². The van der Waals surface area contributed by atoms with Crippen molar-refractivity contribution >= 4 is 35.2 Å². The number of imide groups is 1. The normalized spacial score (nSPS) is 19.1. The number of carbonyl (C=O) groups excluding carboxylic acids is 3. The first-order valence-corrected chi connectivity index (χ1v) is 9.31. The fraction of sp³-hybridized carbons (Fsp3) is 0.350. The van der Waals surface area contributed by atoms with Crippen molar-refractivity contribution in [2.75, 3.05) is 32.0 Å². The number of likely N-dealkylation sites (N-methyl/N-ethyl adjacent to an activating group) is 1. The van der Waals surface area contributed by atoms with E-state index in [1.807, 2.05) is 12.3 Å². The van der Waals surface area contributed by atoms with Gasteiger partial charge in [-0.15, -0.1) is 0 Å². The highest BCUT2D eigenvalue weighted by Crippen LogP contribution is 2.30. The average molecular weight is 379 g/mol. The molecule has 4 heterocycles. The van der Waals surface area contributed by atoms with Crippen LogP contribution in [0.2, 0.25) is 0 Å². The van der Waals surface area contributed by atoms with Gasteiger partial charge in [0.25, 0.3) is 11.8 Å². The second-order valence-corrected chi connectivity index (χ2v) is 6.99. The molecule has 3 aliphatic rings. The number of allylic oxidation sites excluding steroid dienone is 1. The summed E-state index contributed by atoms with van der Waals surface area (Å²) in [5, 5.41) is 2.81. The van der Waals surface area contributed by atoms with E-state index < -0.39 is 0 Å². The average Bonchev–Trinajstić information content (AvgIpc) is 2.94.